The van der Waals surface area contributed by atoms with Gasteiger partial charge in [-0.15, -0.1) is 0 Å². The van der Waals surface area contributed by atoms with Crippen LogP contribution in [0.1, 0.15) is 0 Å². The number of hydrogen-bond acceptors (Lipinski definition) is 4. The summed E-state index contributed by atoms with van der Waals surface area (Å²) >= 11 is 3.82. The molecule has 2 N–H and O–H groups in total. The van der Waals surface area contributed by atoms with E-state index in [2.05, 4.69) is 10.5 Å². The van der Waals surface area contributed by atoms with Gasteiger partial charge in [-0.05, 0) is 51.2 Å². The standard InChI is InChI=1S/C9H5F3I2N2O2/c10-9(11,12)8(18)3-15-16-6-2-7(17)5(14)1-4(6)13/h1-3,16-17H. The van der Waals surface area contributed by atoms with Crippen LogP contribution < -0.4 is 5.43 Å². The van der Waals surface area contributed by atoms with Crippen molar-refractivity contribution in [3.8, 4) is 5.75 Å². The highest BCUT2D eigenvalue weighted by Crippen LogP contribution is 2.28. The SMILES string of the molecule is O=C(C=NNc1cc(O)c(I)cc1I)C(F)(F)F. The van der Waals surface area contributed by atoms with Gasteiger partial charge >= 0.3 is 6.18 Å². The number of anilines is 1. The molecule has 0 aliphatic rings. The lowest BCUT2D eigenvalue weighted by molar-refractivity contribution is -0.162. The number of ketones is 1. The number of nitrogens with one attached hydrogen (secondary N) is 1. The Morgan fingerprint density at radius 1 is 1.33 bits per heavy atom. The first kappa shape index (κ1) is 15.5. The van der Waals surface area contributed by atoms with Gasteiger partial charge in [0.1, 0.15) is 5.75 Å². The molecule has 9 heteroatoms. The summed E-state index contributed by atoms with van der Waals surface area (Å²) in [5.74, 6) is -2.09. The number of phenols is 1. The van der Waals surface area contributed by atoms with Crippen molar-refractivity contribution in [2.45, 2.75) is 6.18 Å². The molecule has 0 atom stereocenters. The van der Waals surface area contributed by atoms with E-state index in [9.17, 15) is 23.1 Å². The van der Waals surface area contributed by atoms with Gasteiger partial charge in [0, 0.05) is 9.64 Å². The maximum Gasteiger partial charge on any atom is 0.455 e. The van der Waals surface area contributed by atoms with E-state index in [-0.39, 0.29) is 12.0 Å². The minimum absolute atomic E-state index is 0.0316. The van der Waals surface area contributed by atoms with E-state index in [0.29, 0.717) is 12.8 Å². The van der Waals surface area contributed by atoms with Crippen molar-refractivity contribution in [1.29, 1.82) is 0 Å². The van der Waals surface area contributed by atoms with Gasteiger partial charge in [-0.1, -0.05) is 0 Å². The largest absolute Gasteiger partial charge is 0.507 e. The Labute approximate surface area is 127 Å². The van der Waals surface area contributed by atoms with Gasteiger partial charge in [-0.3, -0.25) is 10.2 Å². The molecule has 0 unspecified atom stereocenters. The normalized spacial score (nSPS) is 11.8. The van der Waals surface area contributed by atoms with Crippen molar-refractivity contribution in [1.82, 2.24) is 0 Å². The number of hydrogen-bond donors (Lipinski definition) is 2. The number of aromatic hydroxyl groups is 1. The number of carbonyl (C=O) groups is 1. The maximum absolute atomic E-state index is 11.9. The molecule has 0 radical (unpaired) electrons. The third-order valence-electron chi connectivity index (χ3n) is 1.68. The van der Waals surface area contributed by atoms with Crippen LogP contribution in [0, 0.1) is 7.14 Å². The molecule has 0 saturated carbocycles. The number of alkyl halides is 3. The first-order valence-electron chi connectivity index (χ1n) is 4.30. The van der Waals surface area contributed by atoms with Crippen molar-refractivity contribution >= 4 is 62.9 Å². The molecule has 0 fully saturated rings. The number of nitrogens with zero attached hydrogens (tertiary/aromatic N) is 1. The van der Waals surface area contributed by atoms with Crippen molar-refractivity contribution in [2.75, 3.05) is 5.43 Å². The number of hydrazone groups is 1. The summed E-state index contributed by atoms with van der Waals surface area (Å²) in [7, 11) is 0. The third kappa shape index (κ3) is 4.26. The minimum atomic E-state index is -4.94. The van der Waals surface area contributed by atoms with Crippen LogP contribution in [0.4, 0.5) is 18.9 Å². The Morgan fingerprint density at radius 3 is 2.50 bits per heavy atom. The van der Waals surface area contributed by atoms with Crippen molar-refractivity contribution < 1.29 is 23.1 Å². The fourth-order valence-electron chi connectivity index (χ4n) is 0.857. The van der Waals surface area contributed by atoms with Gasteiger partial charge in [-0.25, -0.2) is 0 Å². The zero-order chi connectivity index (χ0) is 13.9. The summed E-state index contributed by atoms with van der Waals surface area (Å²) in [5.41, 5.74) is 2.57. The molecular weight excluding hydrogens is 479 g/mol. The van der Waals surface area contributed by atoms with Crippen molar-refractivity contribution in [3.05, 3.63) is 19.3 Å². The second-order valence-electron chi connectivity index (χ2n) is 3.02. The summed E-state index contributed by atoms with van der Waals surface area (Å²) in [5, 5.41) is 12.6. The zero-order valence-corrected chi connectivity index (χ0v) is 12.7. The molecule has 1 rings (SSSR count). The van der Waals surface area contributed by atoms with Gasteiger partial charge in [0.25, 0.3) is 5.78 Å². The quantitative estimate of drug-likeness (QED) is 0.394. The van der Waals surface area contributed by atoms with Crippen molar-refractivity contribution in [3.63, 3.8) is 0 Å². The number of phenolic OH excluding ortho intramolecular Hbond substituents is 1. The molecule has 0 amide bonds. The molecule has 0 aliphatic carbocycles. The van der Waals surface area contributed by atoms with E-state index in [0.717, 1.165) is 0 Å². The predicted molar refractivity (Wildman–Crippen MR) is 76.7 cm³/mol. The van der Waals surface area contributed by atoms with E-state index in [4.69, 9.17) is 0 Å². The summed E-state index contributed by atoms with van der Waals surface area (Å²) in [6.07, 6.45) is -4.79. The summed E-state index contributed by atoms with van der Waals surface area (Å²) in [4.78, 5) is 10.5. The average molecular weight is 484 g/mol. The van der Waals surface area contributed by atoms with E-state index in [1.807, 2.05) is 45.2 Å². The van der Waals surface area contributed by atoms with E-state index < -0.39 is 12.0 Å². The molecule has 4 nitrogen and oxygen atoms in total. The topological polar surface area (TPSA) is 61.7 Å². The monoisotopic (exact) mass is 484 g/mol. The van der Waals surface area contributed by atoms with Crippen LogP contribution in [0.2, 0.25) is 0 Å². The van der Waals surface area contributed by atoms with Gasteiger partial charge in [0.2, 0.25) is 0 Å². The number of rotatable bonds is 3. The lowest BCUT2D eigenvalue weighted by atomic mass is 10.3. The molecule has 1 aromatic carbocycles. The lowest BCUT2D eigenvalue weighted by Gasteiger charge is -2.06. The van der Waals surface area contributed by atoms with Crippen LogP contribution in [-0.4, -0.2) is 23.3 Å². The molecular formula is C9H5F3I2N2O2. The van der Waals surface area contributed by atoms with E-state index >= 15 is 0 Å². The second-order valence-corrected chi connectivity index (χ2v) is 5.34. The van der Waals surface area contributed by atoms with Crippen LogP contribution in [0.3, 0.4) is 0 Å². The molecule has 1 aromatic rings. The molecule has 0 bridgehead atoms. The van der Waals surface area contributed by atoms with Crippen molar-refractivity contribution in [2.24, 2.45) is 5.10 Å². The van der Waals surface area contributed by atoms with Gasteiger partial charge in [-0.2, -0.15) is 18.3 Å². The highest BCUT2D eigenvalue weighted by molar-refractivity contribution is 14.1. The summed E-state index contributed by atoms with van der Waals surface area (Å²) < 4.78 is 36.8. The second kappa shape index (κ2) is 6.04. The first-order valence-corrected chi connectivity index (χ1v) is 6.46. The van der Waals surface area contributed by atoms with Crippen LogP contribution in [0.25, 0.3) is 0 Å². The predicted octanol–water partition coefficient (Wildman–Crippen LogP) is 3.13. The molecule has 98 valence electrons. The summed E-state index contributed by atoms with van der Waals surface area (Å²) in [6.45, 7) is 0. The highest BCUT2D eigenvalue weighted by atomic mass is 127. The fourth-order valence-corrected chi connectivity index (χ4v) is 2.51. The maximum atomic E-state index is 11.9. The molecule has 0 saturated heterocycles. The van der Waals surface area contributed by atoms with Crippen LogP contribution in [0.5, 0.6) is 5.75 Å². The molecule has 0 aliphatic heterocycles. The Kier molecular flexibility index (Phi) is 5.19. The van der Waals surface area contributed by atoms with Gasteiger partial charge < -0.3 is 5.11 Å². The fraction of sp³-hybridized carbons (Fsp3) is 0.111. The average Bonchev–Trinajstić information content (AvgIpc) is 2.23. The van der Waals surface area contributed by atoms with Gasteiger partial charge in [0.05, 0.1) is 15.5 Å². The zero-order valence-electron chi connectivity index (χ0n) is 8.42. The number of benzene rings is 1. The third-order valence-corrected chi connectivity index (χ3v) is 3.44. The number of carbonyl (C=O) groups excluding carboxylic acids is 1. The Balaban J connectivity index is 2.79. The molecule has 18 heavy (non-hydrogen) atoms. The van der Waals surface area contributed by atoms with Crippen LogP contribution in [-0.2, 0) is 4.79 Å². The van der Waals surface area contributed by atoms with Crippen LogP contribution in [0.15, 0.2) is 17.2 Å². The number of halogens is 5. The van der Waals surface area contributed by atoms with Gasteiger partial charge in [0.15, 0.2) is 0 Å². The molecule has 0 heterocycles. The highest BCUT2D eigenvalue weighted by Gasteiger charge is 2.36. The molecule has 0 spiro atoms. The first-order chi connectivity index (χ1) is 8.21. The van der Waals surface area contributed by atoms with E-state index in [1.54, 1.807) is 6.07 Å². The lowest BCUT2D eigenvalue weighted by Crippen LogP contribution is -2.23. The Bertz CT molecular complexity index is 503. The Morgan fingerprint density at radius 2 is 1.94 bits per heavy atom. The minimum Gasteiger partial charge on any atom is -0.507 e. The Hall–Kier alpha value is -0.590. The number of Topliss-reactive ketones (excluding diaryl/α,β-unsaturated/α-hetero) is 1. The van der Waals surface area contributed by atoms with Crippen LogP contribution >= 0.6 is 45.2 Å². The van der Waals surface area contributed by atoms with E-state index in [1.165, 1.54) is 6.07 Å². The summed E-state index contributed by atoms with van der Waals surface area (Å²) in [6, 6.07) is 2.92. The smallest absolute Gasteiger partial charge is 0.455 e. The molecule has 0 aromatic heterocycles.